The van der Waals surface area contributed by atoms with E-state index in [1.165, 1.54) is 27.1 Å². The molecule has 230 valence electrons. The minimum absolute atomic E-state index is 0.892. The summed E-state index contributed by atoms with van der Waals surface area (Å²) in [6.45, 7) is 0. The second-order valence-electron chi connectivity index (χ2n) is 12.6. The molecule has 3 nitrogen and oxygen atoms in total. The van der Waals surface area contributed by atoms with Crippen molar-refractivity contribution in [3.63, 3.8) is 0 Å². The smallest absolute Gasteiger partial charge is 0.160 e. The van der Waals surface area contributed by atoms with E-state index in [1.807, 2.05) is 6.07 Å². The van der Waals surface area contributed by atoms with Crippen molar-refractivity contribution in [2.75, 3.05) is 4.90 Å². The average Bonchev–Trinajstić information content (AvgIpc) is 3.72. The van der Waals surface area contributed by atoms with Crippen LogP contribution in [0.25, 0.3) is 71.3 Å². The first kappa shape index (κ1) is 27.5. The van der Waals surface area contributed by atoms with Gasteiger partial charge in [-0.15, -0.1) is 0 Å². The summed E-state index contributed by atoms with van der Waals surface area (Å²) in [6, 6.07) is 64.8. The summed E-state index contributed by atoms with van der Waals surface area (Å²) in [5.41, 5.74) is 10.8. The molecule has 0 aliphatic rings. The standard InChI is InChI=1S/C46H30N2O/c1-3-15-34(16-4-1)47(35-17-5-2-6-18-35)36-26-24-32(25-27-36)40-30-41-38-19-10-12-22-43(38)49-46(41)45-44(40)39-20-9-11-21-42(39)48(45)37-28-23-31-13-7-8-14-33(31)29-37/h1-30H. The molecule has 0 radical (unpaired) electrons. The van der Waals surface area contributed by atoms with E-state index in [4.69, 9.17) is 4.42 Å². The predicted molar refractivity (Wildman–Crippen MR) is 206 cm³/mol. The molecule has 10 rings (SSSR count). The highest BCUT2D eigenvalue weighted by atomic mass is 16.3. The molecule has 0 aliphatic carbocycles. The van der Waals surface area contributed by atoms with E-state index in [1.54, 1.807) is 0 Å². The minimum atomic E-state index is 0.892. The SMILES string of the molecule is c1ccc(N(c2ccccc2)c2ccc(-c3cc4c5ccccc5oc4c4c3c3ccccc3n4-c3ccc4ccccc4c3)cc2)cc1. The fourth-order valence-corrected chi connectivity index (χ4v) is 7.53. The number of rotatable bonds is 5. The molecule has 0 unspecified atom stereocenters. The summed E-state index contributed by atoms with van der Waals surface area (Å²) in [5, 5.41) is 7.05. The molecular formula is C46H30N2O. The summed E-state index contributed by atoms with van der Waals surface area (Å²) in [7, 11) is 0. The molecule has 3 heteroatoms. The Bertz CT molecular complexity index is 2770. The van der Waals surface area contributed by atoms with E-state index in [0.717, 1.165) is 61.3 Å². The zero-order chi connectivity index (χ0) is 32.3. The largest absolute Gasteiger partial charge is 0.454 e. The molecule has 0 saturated carbocycles. The summed E-state index contributed by atoms with van der Waals surface area (Å²) in [5.74, 6) is 0. The lowest BCUT2D eigenvalue weighted by atomic mass is 9.96. The average molecular weight is 627 g/mol. The Balaban J connectivity index is 1.26. The maximum absolute atomic E-state index is 6.76. The normalized spacial score (nSPS) is 11.7. The first-order valence-corrected chi connectivity index (χ1v) is 16.7. The molecule has 0 aliphatic heterocycles. The van der Waals surface area contributed by atoms with Crippen LogP contribution in [-0.2, 0) is 0 Å². The molecule has 0 amide bonds. The first-order chi connectivity index (χ1) is 24.3. The van der Waals surface area contributed by atoms with Crippen LogP contribution in [0.4, 0.5) is 17.1 Å². The van der Waals surface area contributed by atoms with Crippen LogP contribution >= 0.6 is 0 Å². The molecule has 2 aromatic heterocycles. The molecule has 0 fully saturated rings. The van der Waals surface area contributed by atoms with E-state index >= 15 is 0 Å². The zero-order valence-electron chi connectivity index (χ0n) is 26.6. The third-order valence-electron chi connectivity index (χ3n) is 9.74. The van der Waals surface area contributed by atoms with E-state index in [-0.39, 0.29) is 0 Å². The lowest BCUT2D eigenvalue weighted by molar-refractivity contribution is 0.671. The lowest BCUT2D eigenvalue weighted by Crippen LogP contribution is -2.09. The van der Waals surface area contributed by atoms with Gasteiger partial charge in [0, 0.05) is 44.3 Å². The molecular weight excluding hydrogens is 597 g/mol. The molecule has 0 saturated heterocycles. The predicted octanol–water partition coefficient (Wildman–Crippen LogP) is 13.0. The molecule has 0 atom stereocenters. The van der Waals surface area contributed by atoms with Crippen molar-refractivity contribution in [1.82, 2.24) is 4.57 Å². The second kappa shape index (κ2) is 11.0. The second-order valence-corrected chi connectivity index (χ2v) is 12.6. The van der Waals surface area contributed by atoms with Gasteiger partial charge in [0.15, 0.2) is 5.58 Å². The summed E-state index contributed by atoms with van der Waals surface area (Å²) < 4.78 is 9.15. The van der Waals surface area contributed by atoms with Gasteiger partial charge in [-0.05, 0) is 88.6 Å². The van der Waals surface area contributed by atoms with E-state index < -0.39 is 0 Å². The number of furan rings is 1. The first-order valence-electron chi connectivity index (χ1n) is 16.7. The Morgan fingerprint density at radius 1 is 0.449 bits per heavy atom. The van der Waals surface area contributed by atoms with Crippen LogP contribution in [0.3, 0.4) is 0 Å². The van der Waals surface area contributed by atoms with Crippen LogP contribution in [0.1, 0.15) is 0 Å². The summed E-state index contributed by atoms with van der Waals surface area (Å²) >= 11 is 0. The minimum Gasteiger partial charge on any atom is -0.454 e. The van der Waals surface area contributed by atoms with Crippen molar-refractivity contribution in [3.05, 3.63) is 182 Å². The van der Waals surface area contributed by atoms with Gasteiger partial charge in [0.1, 0.15) is 5.58 Å². The van der Waals surface area contributed by atoms with Crippen molar-refractivity contribution < 1.29 is 4.42 Å². The number of benzene rings is 8. The molecule has 49 heavy (non-hydrogen) atoms. The van der Waals surface area contributed by atoms with Gasteiger partial charge in [-0.3, -0.25) is 0 Å². The zero-order valence-corrected chi connectivity index (χ0v) is 26.6. The van der Waals surface area contributed by atoms with Gasteiger partial charge in [0.05, 0.1) is 11.0 Å². The van der Waals surface area contributed by atoms with Gasteiger partial charge >= 0.3 is 0 Å². The van der Waals surface area contributed by atoms with Gasteiger partial charge in [0.2, 0.25) is 0 Å². The van der Waals surface area contributed by atoms with Gasteiger partial charge in [-0.2, -0.15) is 0 Å². The Labute approximate surface area is 283 Å². The molecule has 0 N–H and O–H groups in total. The Hall–Kier alpha value is -6.58. The fourth-order valence-electron chi connectivity index (χ4n) is 7.53. The Morgan fingerprint density at radius 3 is 1.82 bits per heavy atom. The van der Waals surface area contributed by atoms with Crippen molar-refractivity contribution >= 4 is 71.6 Å². The highest BCUT2D eigenvalue weighted by Gasteiger charge is 2.23. The molecule has 0 spiro atoms. The highest BCUT2D eigenvalue weighted by molar-refractivity contribution is 6.26. The summed E-state index contributed by atoms with van der Waals surface area (Å²) in [4.78, 5) is 2.30. The monoisotopic (exact) mass is 626 g/mol. The maximum atomic E-state index is 6.76. The topological polar surface area (TPSA) is 21.3 Å². The number of para-hydroxylation sites is 4. The molecule has 0 bridgehead atoms. The molecule has 8 aromatic carbocycles. The Kier molecular flexibility index (Phi) is 6.18. The van der Waals surface area contributed by atoms with Gasteiger partial charge in [0.25, 0.3) is 0 Å². The number of aromatic nitrogens is 1. The quantitative estimate of drug-likeness (QED) is 0.190. The van der Waals surface area contributed by atoms with Gasteiger partial charge in [-0.1, -0.05) is 115 Å². The molecule has 10 aromatic rings. The van der Waals surface area contributed by atoms with Crippen LogP contribution in [0, 0.1) is 0 Å². The van der Waals surface area contributed by atoms with Crippen molar-refractivity contribution in [3.8, 4) is 16.8 Å². The van der Waals surface area contributed by atoms with Crippen molar-refractivity contribution in [1.29, 1.82) is 0 Å². The number of anilines is 3. The van der Waals surface area contributed by atoms with Crippen LogP contribution in [0.5, 0.6) is 0 Å². The number of hydrogen-bond donors (Lipinski definition) is 0. The highest BCUT2D eigenvalue weighted by Crippen LogP contribution is 2.46. The van der Waals surface area contributed by atoms with Crippen LogP contribution in [-0.4, -0.2) is 4.57 Å². The van der Waals surface area contributed by atoms with Crippen LogP contribution in [0.2, 0.25) is 0 Å². The number of hydrogen-bond acceptors (Lipinski definition) is 2. The number of nitrogens with zero attached hydrogens (tertiary/aromatic N) is 2. The van der Waals surface area contributed by atoms with Crippen molar-refractivity contribution in [2.24, 2.45) is 0 Å². The third kappa shape index (κ3) is 4.37. The van der Waals surface area contributed by atoms with E-state index in [9.17, 15) is 0 Å². The van der Waals surface area contributed by atoms with Gasteiger partial charge in [-0.25, -0.2) is 0 Å². The third-order valence-corrected chi connectivity index (χ3v) is 9.74. The molecule has 2 heterocycles. The summed E-state index contributed by atoms with van der Waals surface area (Å²) in [6.07, 6.45) is 0. The van der Waals surface area contributed by atoms with Gasteiger partial charge < -0.3 is 13.9 Å². The van der Waals surface area contributed by atoms with E-state index in [2.05, 4.69) is 185 Å². The lowest BCUT2D eigenvalue weighted by Gasteiger charge is -2.25. The van der Waals surface area contributed by atoms with Crippen molar-refractivity contribution in [2.45, 2.75) is 0 Å². The van der Waals surface area contributed by atoms with Crippen LogP contribution in [0.15, 0.2) is 186 Å². The number of fused-ring (bicyclic) bond motifs is 8. The fraction of sp³-hybridized carbons (Fsp3) is 0. The Morgan fingerprint density at radius 2 is 1.06 bits per heavy atom. The van der Waals surface area contributed by atoms with E-state index in [0.29, 0.717) is 0 Å². The van der Waals surface area contributed by atoms with Crippen LogP contribution < -0.4 is 4.90 Å². The maximum Gasteiger partial charge on any atom is 0.160 e.